The van der Waals surface area contributed by atoms with E-state index in [0.717, 1.165) is 56.8 Å². The number of piperidine rings is 2. The van der Waals surface area contributed by atoms with Gasteiger partial charge in [0, 0.05) is 37.7 Å². The fraction of sp³-hybridized carbons (Fsp3) is 0.684. The van der Waals surface area contributed by atoms with E-state index in [4.69, 9.17) is 4.74 Å². The molecular weight excluding hydrogens is 332 g/mol. The molecule has 26 heavy (non-hydrogen) atoms. The fourth-order valence-corrected chi connectivity index (χ4v) is 4.13. The maximum atomic E-state index is 12.4. The van der Waals surface area contributed by atoms with Gasteiger partial charge in [-0.1, -0.05) is 0 Å². The van der Waals surface area contributed by atoms with Gasteiger partial charge in [0.05, 0.1) is 37.7 Å². The predicted octanol–water partition coefficient (Wildman–Crippen LogP) is 1.55. The minimum absolute atomic E-state index is 0.125. The number of hydrogen-bond acceptors (Lipinski definition) is 6. The molecule has 2 aliphatic heterocycles. The lowest BCUT2D eigenvalue weighted by molar-refractivity contribution is -0.141. The summed E-state index contributed by atoms with van der Waals surface area (Å²) in [6.45, 7) is 5.87. The highest BCUT2D eigenvalue weighted by molar-refractivity contribution is 5.77. The summed E-state index contributed by atoms with van der Waals surface area (Å²) < 4.78 is 4.75. The molecule has 0 radical (unpaired) electrons. The van der Waals surface area contributed by atoms with E-state index in [-0.39, 0.29) is 17.3 Å². The Morgan fingerprint density at radius 2 is 2.12 bits per heavy atom. The first-order chi connectivity index (χ1) is 12.5. The highest BCUT2D eigenvalue weighted by atomic mass is 16.5. The molecule has 0 unspecified atom stereocenters. The van der Waals surface area contributed by atoms with Gasteiger partial charge in [0.25, 0.3) is 0 Å². The number of amides is 1. The summed E-state index contributed by atoms with van der Waals surface area (Å²) in [4.78, 5) is 36.8. The predicted molar refractivity (Wildman–Crippen MR) is 96.2 cm³/mol. The fourth-order valence-electron chi connectivity index (χ4n) is 4.13. The molecule has 1 aromatic heterocycles. The Hall–Kier alpha value is -2.02. The topological polar surface area (TPSA) is 75.6 Å². The van der Waals surface area contributed by atoms with Crippen molar-refractivity contribution in [2.75, 3.05) is 33.3 Å². The normalized spacial score (nSPS) is 24.1. The zero-order chi connectivity index (χ0) is 18.6. The second-order valence-corrected chi connectivity index (χ2v) is 7.60. The zero-order valence-corrected chi connectivity index (χ0v) is 15.7. The van der Waals surface area contributed by atoms with Crippen LogP contribution in [0, 0.1) is 12.3 Å². The first-order valence-corrected chi connectivity index (χ1v) is 9.34. The molecule has 0 bridgehead atoms. The van der Waals surface area contributed by atoms with Crippen LogP contribution in [0.3, 0.4) is 0 Å². The maximum absolute atomic E-state index is 12.4. The summed E-state index contributed by atoms with van der Waals surface area (Å²) in [6.07, 6.45) is 7.68. The van der Waals surface area contributed by atoms with Crippen LogP contribution in [0.1, 0.15) is 43.5 Å². The summed E-state index contributed by atoms with van der Waals surface area (Å²) in [6, 6.07) is 0. The summed E-state index contributed by atoms with van der Waals surface area (Å²) in [5, 5.41) is 0. The molecule has 3 rings (SSSR count). The summed E-state index contributed by atoms with van der Waals surface area (Å²) in [5.74, 6) is 0.0349. The number of aromatic nitrogens is 2. The first-order valence-electron chi connectivity index (χ1n) is 9.34. The van der Waals surface area contributed by atoms with Gasteiger partial charge in [-0.15, -0.1) is 0 Å². The molecule has 2 fully saturated rings. The van der Waals surface area contributed by atoms with Crippen LogP contribution >= 0.6 is 0 Å². The third kappa shape index (κ3) is 4.58. The van der Waals surface area contributed by atoms with E-state index < -0.39 is 0 Å². The SMILES string of the molecule is COC(=O)CCN1CCC[C@@]2(CCC(=O)N(Cc3cnc(C)cn3)C2)C1. The lowest BCUT2D eigenvalue weighted by Gasteiger charge is -2.48. The maximum Gasteiger partial charge on any atom is 0.306 e. The molecule has 1 atom stereocenters. The monoisotopic (exact) mass is 360 g/mol. The van der Waals surface area contributed by atoms with E-state index in [0.29, 0.717) is 19.4 Å². The second-order valence-electron chi connectivity index (χ2n) is 7.60. The van der Waals surface area contributed by atoms with Crippen LogP contribution in [-0.4, -0.2) is 64.9 Å². The van der Waals surface area contributed by atoms with Crippen LogP contribution in [0.25, 0.3) is 0 Å². The molecular formula is C19H28N4O3. The summed E-state index contributed by atoms with van der Waals surface area (Å²) >= 11 is 0. The molecule has 3 heterocycles. The van der Waals surface area contributed by atoms with Crippen molar-refractivity contribution in [2.24, 2.45) is 5.41 Å². The van der Waals surface area contributed by atoms with Crippen LogP contribution in [0.4, 0.5) is 0 Å². The van der Waals surface area contributed by atoms with Crippen LogP contribution < -0.4 is 0 Å². The van der Waals surface area contributed by atoms with Crippen LogP contribution in [0.15, 0.2) is 12.4 Å². The summed E-state index contributed by atoms with van der Waals surface area (Å²) in [5.41, 5.74) is 1.84. The number of esters is 1. The van der Waals surface area contributed by atoms with Crippen molar-refractivity contribution < 1.29 is 14.3 Å². The highest BCUT2D eigenvalue weighted by Crippen LogP contribution is 2.39. The van der Waals surface area contributed by atoms with Gasteiger partial charge in [-0.2, -0.15) is 0 Å². The van der Waals surface area contributed by atoms with Crippen LogP contribution in [0.5, 0.6) is 0 Å². The molecule has 2 aliphatic rings. The second kappa shape index (κ2) is 8.12. The standard InChI is InChI=1S/C19H28N4O3/c1-15-10-21-16(11-20-15)12-23-14-19(7-4-17(23)24)6-3-8-22(13-19)9-5-18(25)26-2/h10-11H,3-9,12-14H2,1-2H3/t19-/m1/s1. The Morgan fingerprint density at radius 3 is 2.85 bits per heavy atom. The Kier molecular flexibility index (Phi) is 5.86. The first kappa shape index (κ1) is 18.8. The molecule has 142 valence electrons. The number of rotatable bonds is 5. The third-order valence-electron chi connectivity index (χ3n) is 5.54. The highest BCUT2D eigenvalue weighted by Gasteiger charge is 2.41. The smallest absolute Gasteiger partial charge is 0.306 e. The Labute approximate surface area is 154 Å². The van der Waals surface area contributed by atoms with E-state index >= 15 is 0 Å². The average molecular weight is 360 g/mol. The summed E-state index contributed by atoms with van der Waals surface area (Å²) in [7, 11) is 1.43. The molecule has 0 saturated carbocycles. The Morgan fingerprint density at radius 1 is 1.27 bits per heavy atom. The quantitative estimate of drug-likeness (QED) is 0.742. The van der Waals surface area contributed by atoms with Gasteiger partial charge in [0.15, 0.2) is 0 Å². The molecule has 7 heteroatoms. The van der Waals surface area contributed by atoms with E-state index in [1.54, 1.807) is 12.4 Å². The van der Waals surface area contributed by atoms with Gasteiger partial charge in [-0.3, -0.25) is 19.6 Å². The number of methoxy groups -OCH3 is 1. The van der Waals surface area contributed by atoms with Gasteiger partial charge in [-0.05, 0) is 32.7 Å². The van der Waals surface area contributed by atoms with E-state index in [9.17, 15) is 9.59 Å². The van der Waals surface area contributed by atoms with Crippen molar-refractivity contribution in [3.8, 4) is 0 Å². The van der Waals surface area contributed by atoms with Gasteiger partial charge >= 0.3 is 5.97 Å². The lowest BCUT2D eigenvalue weighted by Crippen LogP contribution is -2.54. The Balaban J connectivity index is 1.62. The van der Waals surface area contributed by atoms with Gasteiger partial charge in [0.2, 0.25) is 5.91 Å². The number of nitrogens with zero attached hydrogens (tertiary/aromatic N) is 4. The van der Waals surface area contributed by atoms with Gasteiger partial charge in [-0.25, -0.2) is 0 Å². The number of likely N-dealkylation sites (tertiary alicyclic amines) is 2. The molecule has 1 amide bonds. The van der Waals surface area contributed by atoms with Crippen molar-refractivity contribution in [2.45, 2.75) is 45.6 Å². The van der Waals surface area contributed by atoms with Crippen LogP contribution in [-0.2, 0) is 20.9 Å². The largest absolute Gasteiger partial charge is 0.469 e. The molecule has 1 aromatic rings. The lowest BCUT2D eigenvalue weighted by atomic mass is 9.73. The van der Waals surface area contributed by atoms with Crippen molar-refractivity contribution in [1.82, 2.24) is 19.8 Å². The molecule has 0 N–H and O–H groups in total. The van der Waals surface area contributed by atoms with Crippen molar-refractivity contribution in [1.29, 1.82) is 0 Å². The van der Waals surface area contributed by atoms with Gasteiger partial charge < -0.3 is 14.5 Å². The van der Waals surface area contributed by atoms with Gasteiger partial charge in [0.1, 0.15) is 0 Å². The average Bonchev–Trinajstić information content (AvgIpc) is 2.65. The number of carbonyl (C=O) groups is 2. The third-order valence-corrected chi connectivity index (χ3v) is 5.54. The van der Waals surface area contributed by atoms with Crippen molar-refractivity contribution in [3.05, 3.63) is 23.8 Å². The Bertz CT molecular complexity index is 649. The van der Waals surface area contributed by atoms with Crippen LogP contribution in [0.2, 0.25) is 0 Å². The zero-order valence-electron chi connectivity index (χ0n) is 15.7. The number of ether oxygens (including phenoxy) is 1. The molecule has 1 spiro atoms. The van der Waals surface area contributed by atoms with E-state index in [1.807, 2.05) is 11.8 Å². The number of carbonyl (C=O) groups excluding carboxylic acids is 2. The van der Waals surface area contributed by atoms with Crippen molar-refractivity contribution >= 4 is 11.9 Å². The minimum Gasteiger partial charge on any atom is -0.469 e. The van der Waals surface area contributed by atoms with E-state index in [2.05, 4.69) is 14.9 Å². The minimum atomic E-state index is -0.164. The molecule has 2 saturated heterocycles. The molecule has 0 aliphatic carbocycles. The van der Waals surface area contributed by atoms with Crippen molar-refractivity contribution in [3.63, 3.8) is 0 Å². The number of aryl methyl sites for hydroxylation is 1. The molecule has 0 aromatic carbocycles. The molecule has 7 nitrogen and oxygen atoms in total. The number of hydrogen-bond donors (Lipinski definition) is 0. The van der Waals surface area contributed by atoms with E-state index in [1.165, 1.54) is 7.11 Å².